The summed E-state index contributed by atoms with van der Waals surface area (Å²) in [7, 11) is 0. The molecule has 0 saturated carbocycles. The maximum Gasteiger partial charge on any atom is 0.419 e. The lowest BCUT2D eigenvalue weighted by molar-refractivity contribution is -0.138. The van der Waals surface area contributed by atoms with Gasteiger partial charge in [-0.05, 0) is 31.0 Å². The summed E-state index contributed by atoms with van der Waals surface area (Å²) < 4.78 is 51.3. The number of halogens is 3. The Morgan fingerprint density at radius 3 is 2.45 bits per heavy atom. The van der Waals surface area contributed by atoms with Crippen molar-refractivity contribution in [1.29, 1.82) is 0 Å². The number of ether oxygens (including phenoxy) is 1. The van der Waals surface area contributed by atoms with Crippen LogP contribution in [0.1, 0.15) is 89.5 Å². The van der Waals surface area contributed by atoms with E-state index in [-0.39, 0.29) is 29.7 Å². The van der Waals surface area contributed by atoms with Crippen molar-refractivity contribution in [2.24, 2.45) is 0 Å². The molecule has 0 amide bonds. The Kier molecular flexibility index (Phi) is 8.99. The maximum atomic E-state index is 13.5. The van der Waals surface area contributed by atoms with Gasteiger partial charge in [-0.3, -0.25) is 0 Å². The fraction of sp³-hybridized carbons (Fsp3) is 0.636. The number of unbranched alkanes of at least 4 members (excludes halogenated alkanes) is 5. The van der Waals surface area contributed by atoms with E-state index in [2.05, 4.69) is 17.1 Å². The largest absolute Gasteiger partial charge is 0.493 e. The Morgan fingerprint density at radius 2 is 1.76 bits per heavy atom. The summed E-state index contributed by atoms with van der Waals surface area (Å²) >= 11 is 0. The number of hydrogen-bond acceptors (Lipinski definition) is 4. The van der Waals surface area contributed by atoms with E-state index in [1.807, 2.05) is 13.8 Å². The third-order valence-corrected chi connectivity index (χ3v) is 4.88. The van der Waals surface area contributed by atoms with E-state index >= 15 is 0 Å². The first-order valence-electron chi connectivity index (χ1n) is 10.5. The molecule has 0 aliphatic rings. The van der Waals surface area contributed by atoms with Crippen LogP contribution in [0.4, 0.5) is 13.2 Å². The first-order chi connectivity index (χ1) is 13.9. The van der Waals surface area contributed by atoms with Crippen LogP contribution in [0, 0.1) is 0 Å². The second-order valence-corrected chi connectivity index (χ2v) is 7.47. The van der Waals surface area contributed by atoms with Crippen LogP contribution in [0.15, 0.2) is 22.7 Å². The maximum absolute atomic E-state index is 13.5. The molecule has 2 aromatic rings. The second kappa shape index (κ2) is 11.2. The Hall–Kier alpha value is -2.05. The molecule has 2 rings (SSSR count). The van der Waals surface area contributed by atoms with E-state index in [1.165, 1.54) is 12.5 Å². The van der Waals surface area contributed by atoms with Gasteiger partial charge in [0.25, 0.3) is 0 Å². The van der Waals surface area contributed by atoms with Gasteiger partial charge in [0.15, 0.2) is 0 Å². The molecule has 0 aliphatic carbocycles. The molecule has 0 aliphatic heterocycles. The summed E-state index contributed by atoms with van der Waals surface area (Å²) in [5.74, 6) is 0.524. The molecule has 0 fully saturated rings. The number of alkyl halides is 3. The summed E-state index contributed by atoms with van der Waals surface area (Å²) in [4.78, 5) is 4.28. The molecule has 0 bridgehead atoms. The molecule has 1 heterocycles. The fourth-order valence-electron chi connectivity index (χ4n) is 3.19. The fourth-order valence-corrected chi connectivity index (χ4v) is 3.19. The Bertz CT molecular complexity index is 744. The van der Waals surface area contributed by atoms with Crippen LogP contribution in [0.3, 0.4) is 0 Å². The minimum Gasteiger partial charge on any atom is -0.493 e. The molecular weight excluding hydrogens is 381 g/mol. The van der Waals surface area contributed by atoms with Crippen molar-refractivity contribution in [3.63, 3.8) is 0 Å². The van der Waals surface area contributed by atoms with Gasteiger partial charge in [0.2, 0.25) is 11.7 Å². The predicted octanol–water partition coefficient (Wildman–Crippen LogP) is 7.40. The molecular formula is C22H31F3N2O2. The molecule has 0 saturated heterocycles. The summed E-state index contributed by atoms with van der Waals surface area (Å²) in [6.45, 7) is 6.43. The zero-order valence-electron chi connectivity index (χ0n) is 17.5. The number of aromatic nitrogens is 2. The van der Waals surface area contributed by atoms with E-state index in [1.54, 1.807) is 6.07 Å². The molecule has 4 nitrogen and oxygen atoms in total. The van der Waals surface area contributed by atoms with Crippen LogP contribution < -0.4 is 4.74 Å². The van der Waals surface area contributed by atoms with Crippen molar-refractivity contribution < 1.29 is 22.4 Å². The summed E-state index contributed by atoms with van der Waals surface area (Å²) in [5, 5.41) is 3.86. The molecule has 162 valence electrons. The van der Waals surface area contributed by atoms with Gasteiger partial charge < -0.3 is 9.26 Å². The average Bonchev–Trinajstić information content (AvgIpc) is 3.17. The first kappa shape index (κ1) is 23.2. The number of hydrogen-bond donors (Lipinski definition) is 0. The zero-order chi connectivity index (χ0) is 21.3. The highest BCUT2D eigenvalue weighted by atomic mass is 19.4. The summed E-state index contributed by atoms with van der Waals surface area (Å²) in [6, 6.07) is 3.93. The average molecular weight is 412 g/mol. The number of rotatable bonds is 12. The quantitative estimate of drug-likeness (QED) is 0.341. The molecule has 1 atom stereocenters. The smallest absolute Gasteiger partial charge is 0.419 e. The van der Waals surface area contributed by atoms with E-state index in [9.17, 15) is 13.2 Å². The molecule has 29 heavy (non-hydrogen) atoms. The van der Waals surface area contributed by atoms with Crippen LogP contribution >= 0.6 is 0 Å². The molecule has 0 radical (unpaired) electrons. The van der Waals surface area contributed by atoms with Crippen molar-refractivity contribution in [2.45, 2.75) is 84.2 Å². The van der Waals surface area contributed by atoms with E-state index in [0.717, 1.165) is 51.0 Å². The van der Waals surface area contributed by atoms with Crippen molar-refractivity contribution in [1.82, 2.24) is 10.1 Å². The van der Waals surface area contributed by atoms with Gasteiger partial charge >= 0.3 is 6.18 Å². The Balaban J connectivity index is 2.07. The van der Waals surface area contributed by atoms with Gasteiger partial charge in [-0.2, -0.15) is 18.2 Å². The van der Waals surface area contributed by atoms with Gasteiger partial charge in [-0.1, -0.05) is 64.5 Å². The first-order valence-corrected chi connectivity index (χ1v) is 10.5. The van der Waals surface area contributed by atoms with Crippen LogP contribution in [-0.4, -0.2) is 16.7 Å². The molecule has 1 aromatic carbocycles. The van der Waals surface area contributed by atoms with Crippen LogP contribution in [0.5, 0.6) is 5.75 Å². The van der Waals surface area contributed by atoms with Crippen LogP contribution in [0.2, 0.25) is 0 Å². The minimum atomic E-state index is -4.52. The highest BCUT2D eigenvalue weighted by Crippen LogP contribution is 2.38. The molecule has 1 aromatic heterocycles. The van der Waals surface area contributed by atoms with Crippen molar-refractivity contribution in [3.05, 3.63) is 29.7 Å². The van der Waals surface area contributed by atoms with Gasteiger partial charge in [-0.15, -0.1) is 0 Å². The standard InChI is InChI=1S/C22H31F3N2O2/c1-4-6-7-8-9-10-14-28-19-13-12-17(15-18(19)22(23,24)25)20-26-21(29-27-20)16(3)11-5-2/h12-13,15-16H,4-11,14H2,1-3H3/t16-/m0/s1. The highest BCUT2D eigenvalue weighted by molar-refractivity contribution is 5.59. The summed E-state index contributed by atoms with van der Waals surface area (Å²) in [6.07, 6.45) is 3.61. The SMILES string of the molecule is CCCCCCCCOc1ccc(-c2noc([C@@H](C)CCC)n2)cc1C(F)(F)F. The van der Waals surface area contributed by atoms with Crippen LogP contribution in [-0.2, 0) is 6.18 Å². The lowest BCUT2D eigenvalue weighted by atomic mass is 10.1. The molecule has 0 unspecified atom stereocenters. The Labute approximate surface area is 170 Å². The molecule has 0 N–H and O–H groups in total. The third kappa shape index (κ3) is 7.05. The lowest BCUT2D eigenvalue weighted by Gasteiger charge is -2.14. The van der Waals surface area contributed by atoms with Gasteiger partial charge in [-0.25, -0.2) is 0 Å². The Morgan fingerprint density at radius 1 is 1.03 bits per heavy atom. The van der Waals surface area contributed by atoms with E-state index in [4.69, 9.17) is 9.26 Å². The minimum absolute atomic E-state index is 0.0725. The zero-order valence-corrected chi connectivity index (χ0v) is 17.5. The summed E-state index contributed by atoms with van der Waals surface area (Å²) in [5.41, 5.74) is -0.545. The number of benzene rings is 1. The van der Waals surface area contributed by atoms with Crippen molar-refractivity contribution >= 4 is 0 Å². The monoisotopic (exact) mass is 412 g/mol. The third-order valence-electron chi connectivity index (χ3n) is 4.88. The molecule has 0 spiro atoms. The highest BCUT2D eigenvalue weighted by Gasteiger charge is 2.35. The predicted molar refractivity (Wildman–Crippen MR) is 107 cm³/mol. The second-order valence-electron chi connectivity index (χ2n) is 7.47. The van der Waals surface area contributed by atoms with Gasteiger partial charge in [0.05, 0.1) is 12.2 Å². The van der Waals surface area contributed by atoms with E-state index in [0.29, 0.717) is 5.89 Å². The van der Waals surface area contributed by atoms with Crippen LogP contribution in [0.25, 0.3) is 11.4 Å². The molecule has 7 heteroatoms. The van der Waals surface area contributed by atoms with Gasteiger partial charge in [0, 0.05) is 11.5 Å². The topological polar surface area (TPSA) is 48.2 Å². The van der Waals surface area contributed by atoms with Crippen molar-refractivity contribution in [2.75, 3.05) is 6.61 Å². The lowest BCUT2D eigenvalue weighted by Crippen LogP contribution is -2.10. The van der Waals surface area contributed by atoms with Gasteiger partial charge in [0.1, 0.15) is 5.75 Å². The normalized spacial score (nSPS) is 12.9. The number of nitrogens with zero attached hydrogens (tertiary/aromatic N) is 2. The van der Waals surface area contributed by atoms with E-state index < -0.39 is 11.7 Å². The van der Waals surface area contributed by atoms with Crippen molar-refractivity contribution in [3.8, 4) is 17.1 Å².